The van der Waals surface area contributed by atoms with Crippen LogP contribution in [0.1, 0.15) is 11.3 Å². The molecule has 0 saturated heterocycles. The standard InChI is InChI=1S/C16H15N3O2S.ClH/c1-11-10-22-16(18-11)19-15-14(7-4-8-17-15)21-9-12-5-2-3-6-13(12)20;/h2-8,10,20H,9H2,1H3,(H,17,18,19);1H. The fourth-order valence-corrected chi connectivity index (χ4v) is 2.59. The van der Waals surface area contributed by atoms with Crippen LogP contribution in [0.5, 0.6) is 11.5 Å². The quantitative estimate of drug-likeness (QED) is 0.719. The van der Waals surface area contributed by atoms with Crippen LogP contribution in [0.15, 0.2) is 48.0 Å². The molecule has 0 spiro atoms. The lowest BCUT2D eigenvalue weighted by Gasteiger charge is -2.11. The maximum atomic E-state index is 9.78. The number of aromatic hydroxyl groups is 1. The Bertz CT molecular complexity index is 779. The number of nitrogens with one attached hydrogen (secondary N) is 1. The molecule has 0 fully saturated rings. The second-order valence-electron chi connectivity index (χ2n) is 4.69. The molecule has 2 aromatic heterocycles. The van der Waals surface area contributed by atoms with Crippen molar-refractivity contribution in [2.45, 2.75) is 13.5 Å². The molecule has 0 radical (unpaired) electrons. The number of phenolic OH excluding ortho intramolecular Hbond substituents is 1. The van der Waals surface area contributed by atoms with E-state index in [1.165, 1.54) is 11.3 Å². The second kappa shape index (κ2) is 7.80. The summed E-state index contributed by atoms with van der Waals surface area (Å²) in [5, 5.41) is 15.7. The summed E-state index contributed by atoms with van der Waals surface area (Å²) < 4.78 is 5.77. The molecule has 5 nitrogen and oxygen atoms in total. The van der Waals surface area contributed by atoms with E-state index in [-0.39, 0.29) is 24.8 Å². The molecule has 3 rings (SSSR count). The van der Waals surface area contributed by atoms with Gasteiger partial charge in [-0.25, -0.2) is 9.97 Å². The van der Waals surface area contributed by atoms with Gasteiger partial charge in [0.15, 0.2) is 16.7 Å². The van der Waals surface area contributed by atoms with E-state index in [4.69, 9.17) is 4.74 Å². The van der Waals surface area contributed by atoms with Gasteiger partial charge in [-0.15, -0.1) is 23.7 Å². The van der Waals surface area contributed by atoms with E-state index in [0.29, 0.717) is 11.6 Å². The third kappa shape index (κ3) is 4.34. The SMILES string of the molecule is Cc1csc(Nc2ncccc2OCc2ccccc2O)n1.Cl. The average molecular weight is 350 g/mol. The van der Waals surface area contributed by atoms with Gasteiger partial charge >= 0.3 is 0 Å². The normalized spacial score (nSPS) is 9.96. The van der Waals surface area contributed by atoms with E-state index in [2.05, 4.69) is 15.3 Å². The fraction of sp³-hybridized carbons (Fsp3) is 0.125. The molecule has 7 heteroatoms. The van der Waals surface area contributed by atoms with Crippen LogP contribution in [-0.2, 0) is 6.61 Å². The summed E-state index contributed by atoms with van der Waals surface area (Å²) in [6.07, 6.45) is 1.69. The molecule has 23 heavy (non-hydrogen) atoms. The Morgan fingerprint density at radius 2 is 2.04 bits per heavy atom. The first-order chi connectivity index (χ1) is 10.7. The molecule has 0 saturated carbocycles. The molecular weight excluding hydrogens is 334 g/mol. The summed E-state index contributed by atoms with van der Waals surface area (Å²) in [5.41, 5.74) is 1.68. The molecule has 0 aliphatic carbocycles. The highest BCUT2D eigenvalue weighted by Gasteiger charge is 2.08. The number of pyridine rings is 1. The van der Waals surface area contributed by atoms with Gasteiger partial charge in [-0.1, -0.05) is 18.2 Å². The van der Waals surface area contributed by atoms with E-state index < -0.39 is 0 Å². The largest absolute Gasteiger partial charge is 0.508 e. The van der Waals surface area contributed by atoms with Crippen LogP contribution in [0.25, 0.3) is 0 Å². The van der Waals surface area contributed by atoms with E-state index in [1.54, 1.807) is 24.4 Å². The molecular formula is C16H16ClN3O2S. The van der Waals surface area contributed by atoms with Crippen molar-refractivity contribution in [1.29, 1.82) is 0 Å². The van der Waals surface area contributed by atoms with Crippen LogP contribution < -0.4 is 10.1 Å². The summed E-state index contributed by atoms with van der Waals surface area (Å²) in [6, 6.07) is 10.7. The minimum atomic E-state index is 0. The number of benzene rings is 1. The number of ether oxygens (including phenoxy) is 1. The molecule has 0 aliphatic rings. The van der Waals surface area contributed by atoms with Gasteiger partial charge in [0.05, 0.1) is 5.69 Å². The molecule has 0 bridgehead atoms. The first-order valence-corrected chi connectivity index (χ1v) is 7.64. The number of aryl methyl sites for hydroxylation is 1. The van der Waals surface area contributed by atoms with E-state index in [1.807, 2.05) is 30.5 Å². The zero-order chi connectivity index (χ0) is 15.4. The first kappa shape index (κ1) is 17.1. The average Bonchev–Trinajstić information content (AvgIpc) is 2.93. The van der Waals surface area contributed by atoms with Crippen LogP contribution in [-0.4, -0.2) is 15.1 Å². The van der Waals surface area contributed by atoms with Crippen molar-refractivity contribution in [3.05, 3.63) is 59.2 Å². The zero-order valence-corrected chi connectivity index (χ0v) is 14.0. The molecule has 0 atom stereocenters. The summed E-state index contributed by atoms with van der Waals surface area (Å²) >= 11 is 1.51. The summed E-state index contributed by atoms with van der Waals surface area (Å²) in [4.78, 5) is 8.64. The molecule has 1 aromatic carbocycles. The Morgan fingerprint density at radius 1 is 1.22 bits per heavy atom. The van der Waals surface area contributed by atoms with E-state index in [9.17, 15) is 5.11 Å². The smallest absolute Gasteiger partial charge is 0.188 e. The number of anilines is 2. The molecule has 2 N–H and O–H groups in total. The lowest BCUT2D eigenvalue weighted by molar-refractivity contribution is 0.299. The molecule has 120 valence electrons. The zero-order valence-electron chi connectivity index (χ0n) is 12.4. The van der Waals surface area contributed by atoms with Crippen LogP contribution in [0, 0.1) is 6.92 Å². The maximum absolute atomic E-state index is 9.78. The first-order valence-electron chi connectivity index (χ1n) is 6.76. The van der Waals surface area contributed by atoms with Crippen molar-refractivity contribution in [3.8, 4) is 11.5 Å². The number of aromatic nitrogens is 2. The van der Waals surface area contributed by atoms with Gasteiger partial charge < -0.3 is 15.2 Å². The lowest BCUT2D eigenvalue weighted by atomic mass is 10.2. The van der Waals surface area contributed by atoms with Gasteiger partial charge in [-0.2, -0.15) is 0 Å². The summed E-state index contributed by atoms with van der Waals surface area (Å²) in [6.45, 7) is 2.21. The van der Waals surface area contributed by atoms with Crippen molar-refractivity contribution in [2.75, 3.05) is 5.32 Å². The second-order valence-corrected chi connectivity index (χ2v) is 5.54. The van der Waals surface area contributed by atoms with Crippen molar-refractivity contribution in [1.82, 2.24) is 9.97 Å². The minimum Gasteiger partial charge on any atom is -0.508 e. The lowest BCUT2D eigenvalue weighted by Crippen LogP contribution is -2.01. The molecule has 0 amide bonds. The highest BCUT2D eigenvalue weighted by atomic mass is 35.5. The third-order valence-corrected chi connectivity index (χ3v) is 3.87. The minimum absolute atomic E-state index is 0. The number of thiazole rings is 1. The molecule has 0 unspecified atom stereocenters. The van der Waals surface area contributed by atoms with Crippen LogP contribution in [0.2, 0.25) is 0 Å². The number of phenols is 1. The third-order valence-electron chi connectivity index (χ3n) is 2.99. The molecule has 3 aromatic rings. The maximum Gasteiger partial charge on any atom is 0.188 e. The van der Waals surface area contributed by atoms with Crippen molar-refractivity contribution in [2.24, 2.45) is 0 Å². The number of nitrogens with zero attached hydrogens (tertiary/aromatic N) is 2. The van der Waals surface area contributed by atoms with Gasteiger partial charge in [0.25, 0.3) is 0 Å². The monoisotopic (exact) mass is 349 g/mol. The predicted octanol–water partition coefficient (Wildman–Crippen LogP) is 4.30. The van der Waals surface area contributed by atoms with Gasteiger partial charge in [-0.3, -0.25) is 0 Å². The summed E-state index contributed by atoms with van der Waals surface area (Å²) in [5.74, 6) is 1.43. The Labute approximate surface area is 144 Å². The van der Waals surface area contributed by atoms with Crippen LogP contribution in [0.3, 0.4) is 0 Å². The number of halogens is 1. The van der Waals surface area contributed by atoms with Crippen molar-refractivity contribution in [3.63, 3.8) is 0 Å². The Hall–Kier alpha value is -2.31. The highest BCUT2D eigenvalue weighted by molar-refractivity contribution is 7.13. The summed E-state index contributed by atoms with van der Waals surface area (Å²) in [7, 11) is 0. The van der Waals surface area contributed by atoms with Gasteiger partial charge in [-0.05, 0) is 25.1 Å². The van der Waals surface area contributed by atoms with E-state index in [0.717, 1.165) is 16.4 Å². The number of rotatable bonds is 5. The highest BCUT2D eigenvalue weighted by Crippen LogP contribution is 2.28. The molecule has 0 aliphatic heterocycles. The van der Waals surface area contributed by atoms with Gasteiger partial charge in [0, 0.05) is 17.1 Å². The Morgan fingerprint density at radius 3 is 2.78 bits per heavy atom. The number of hydrogen-bond donors (Lipinski definition) is 2. The van der Waals surface area contributed by atoms with Crippen LogP contribution in [0.4, 0.5) is 10.9 Å². The number of para-hydroxylation sites is 1. The topological polar surface area (TPSA) is 67.3 Å². The van der Waals surface area contributed by atoms with Crippen molar-refractivity contribution < 1.29 is 9.84 Å². The predicted molar refractivity (Wildman–Crippen MR) is 94.1 cm³/mol. The van der Waals surface area contributed by atoms with Crippen molar-refractivity contribution >= 4 is 34.7 Å². The van der Waals surface area contributed by atoms with Gasteiger partial charge in [0.1, 0.15) is 12.4 Å². The Kier molecular flexibility index (Phi) is 5.78. The van der Waals surface area contributed by atoms with E-state index >= 15 is 0 Å². The molecule has 2 heterocycles. The fourth-order valence-electron chi connectivity index (χ4n) is 1.90. The number of hydrogen-bond acceptors (Lipinski definition) is 6. The van der Waals surface area contributed by atoms with Crippen LogP contribution >= 0.6 is 23.7 Å². The Balaban J connectivity index is 0.00000192. The van der Waals surface area contributed by atoms with Gasteiger partial charge in [0.2, 0.25) is 0 Å².